The van der Waals surface area contributed by atoms with Gasteiger partial charge in [0.05, 0.1) is 16.4 Å². The summed E-state index contributed by atoms with van der Waals surface area (Å²) in [6, 6.07) is 14.4. The molecule has 1 N–H and O–H groups in total. The first-order valence-electron chi connectivity index (χ1n) is 7.45. The normalized spacial score (nSPS) is 11.4. The monoisotopic (exact) mass is 350 g/mol. The third-order valence-corrected chi connectivity index (χ3v) is 5.79. The molecule has 4 rings (SSSR count). The van der Waals surface area contributed by atoms with Crippen molar-refractivity contribution in [1.29, 1.82) is 0 Å². The number of nitrogens with zero attached hydrogens (tertiary/aromatic N) is 3. The number of hydrogen-bond donors (Lipinski definition) is 1. The van der Waals surface area contributed by atoms with Crippen molar-refractivity contribution in [3.63, 3.8) is 0 Å². The second-order valence-electron chi connectivity index (χ2n) is 5.21. The summed E-state index contributed by atoms with van der Waals surface area (Å²) < 4.78 is 1.03. The Kier molecular flexibility index (Phi) is 4.06. The quantitative estimate of drug-likeness (QED) is 0.408. The molecular formula is C18H14N4S2. The molecule has 3 aromatic heterocycles. The molecule has 3 heterocycles. The van der Waals surface area contributed by atoms with E-state index in [9.17, 15) is 0 Å². The lowest BCUT2D eigenvalue weighted by molar-refractivity contribution is 1.18. The van der Waals surface area contributed by atoms with Crippen LogP contribution in [0.5, 0.6) is 0 Å². The molecule has 118 valence electrons. The molecule has 6 heteroatoms. The van der Waals surface area contributed by atoms with Crippen molar-refractivity contribution in [2.75, 3.05) is 5.43 Å². The van der Waals surface area contributed by atoms with Crippen molar-refractivity contribution in [3.8, 4) is 10.4 Å². The number of hydrazone groups is 1. The van der Waals surface area contributed by atoms with E-state index in [1.54, 1.807) is 35.2 Å². The standard InChI is InChI=1S/C18H14N4S2/c1-12-15-17(24-16(12)13-6-3-2-4-7-13)18(20-11-19-15)22-21-10-14-8-5-9-23-14/h2-11H,1H3,(H,19,20,22). The molecule has 0 radical (unpaired) electrons. The predicted octanol–water partition coefficient (Wildman–Crippen LogP) is 5.17. The maximum atomic E-state index is 4.46. The molecule has 0 atom stereocenters. The van der Waals surface area contributed by atoms with Crippen molar-refractivity contribution in [3.05, 3.63) is 64.6 Å². The highest BCUT2D eigenvalue weighted by molar-refractivity contribution is 7.23. The molecule has 4 nitrogen and oxygen atoms in total. The van der Waals surface area contributed by atoms with E-state index < -0.39 is 0 Å². The fourth-order valence-electron chi connectivity index (χ4n) is 2.49. The molecule has 0 saturated heterocycles. The average Bonchev–Trinajstić information content (AvgIpc) is 3.25. The molecule has 4 aromatic rings. The lowest BCUT2D eigenvalue weighted by atomic mass is 10.1. The Morgan fingerprint density at radius 2 is 1.96 bits per heavy atom. The van der Waals surface area contributed by atoms with Crippen LogP contribution < -0.4 is 5.43 Å². The van der Waals surface area contributed by atoms with E-state index in [1.807, 2.05) is 23.6 Å². The van der Waals surface area contributed by atoms with Crippen molar-refractivity contribution < 1.29 is 0 Å². The molecule has 0 aliphatic carbocycles. The van der Waals surface area contributed by atoms with E-state index in [-0.39, 0.29) is 0 Å². The zero-order valence-corrected chi connectivity index (χ0v) is 14.6. The first-order valence-corrected chi connectivity index (χ1v) is 9.14. The van der Waals surface area contributed by atoms with Gasteiger partial charge in [-0.2, -0.15) is 5.10 Å². The molecule has 0 unspecified atom stereocenters. The summed E-state index contributed by atoms with van der Waals surface area (Å²) in [7, 11) is 0. The third kappa shape index (κ3) is 2.81. The Bertz CT molecular complexity index is 989. The van der Waals surface area contributed by atoms with Gasteiger partial charge in [0.15, 0.2) is 5.82 Å². The summed E-state index contributed by atoms with van der Waals surface area (Å²) in [6.07, 6.45) is 3.39. The van der Waals surface area contributed by atoms with E-state index in [2.05, 4.69) is 51.7 Å². The van der Waals surface area contributed by atoms with Gasteiger partial charge in [0, 0.05) is 9.75 Å². The van der Waals surface area contributed by atoms with Crippen LogP contribution in [0.25, 0.3) is 20.7 Å². The van der Waals surface area contributed by atoms with Gasteiger partial charge >= 0.3 is 0 Å². The molecule has 0 fully saturated rings. The summed E-state index contributed by atoms with van der Waals surface area (Å²) in [5, 5.41) is 6.32. The number of fused-ring (bicyclic) bond motifs is 1. The van der Waals surface area contributed by atoms with Gasteiger partial charge in [-0.1, -0.05) is 36.4 Å². The minimum absolute atomic E-state index is 0.739. The highest BCUT2D eigenvalue weighted by atomic mass is 32.1. The number of nitrogens with one attached hydrogen (secondary N) is 1. The van der Waals surface area contributed by atoms with Gasteiger partial charge in [-0.15, -0.1) is 22.7 Å². The number of rotatable bonds is 4. The Labute approximate surface area is 147 Å². The summed E-state index contributed by atoms with van der Waals surface area (Å²) in [5.41, 5.74) is 6.40. The molecule has 0 amide bonds. The van der Waals surface area contributed by atoms with Crippen LogP contribution in [-0.4, -0.2) is 16.2 Å². The Balaban J connectivity index is 1.72. The van der Waals surface area contributed by atoms with Gasteiger partial charge in [0.25, 0.3) is 0 Å². The highest BCUT2D eigenvalue weighted by Crippen LogP contribution is 2.39. The number of hydrogen-bond acceptors (Lipinski definition) is 6. The van der Waals surface area contributed by atoms with E-state index in [0.29, 0.717) is 0 Å². The third-order valence-electron chi connectivity index (χ3n) is 3.65. The first-order chi connectivity index (χ1) is 11.8. The van der Waals surface area contributed by atoms with Crippen molar-refractivity contribution >= 4 is 44.9 Å². The Hall–Kier alpha value is -2.57. The molecule has 0 saturated carbocycles. The molecule has 0 bridgehead atoms. The number of anilines is 1. The van der Waals surface area contributed by atoms with Crippen LogP contribution >= 0.6 is 22.7 Å². The fraction of sp³-hybridized carbons (Fsp3) is 0.0556. The molecular weight excluding hydrogens is 336 g/mol. The van der Waals surface area contributed by atoms with Crippen LogP contribution in [0.15, 0.2) is 59.3 Å². The zero-order valence-electron chi connectivity index (χ0n) is 12.9. The highest BCUT2D eigenvalue weighted by Gasteiger charge is 2.14. The molecule has 0 spiro atoms. The van der Waals surface area contributed by atoms with Crippen LogP contribution in [0.1, 0.15) is 10.4 Å². The summed E-state index contributed by atoms with van der Waals surface area (Å²) in [5.74, 6) is 0.739. The lowest BCUT2D eigenvalue weighted by Gasteiger charge is -1.99. The Morgan fingerprint density at radius 1 is 1.08 bits per heavy atom. The van der Waals surface area contributed by atoms with Crippen LogP contribution in [0.4, 0.5) is 5.82 Å². The lowest BCUT2D eigenvalue weighted by Crippen LogP contribution is -1.93. The fourth-order valence-corrected chi connectivity index (χ4v) is 4.28. The maximum Gasteiger partial charge on any atom is 0.167 e. The summed E-state index contributed by atoms with van der Waals surface area (Å²) >= 11 is 3.34. The number of benzene rings is 1. The van der Waals surface area contributed by atoms with Crippen LogP contribution in [-0.2, 0) is 0 Å². The Morgan fingerprint density at radius 3 is 2.75 bits per heavy atom. The zero-order chi connectivity index (χ0) is 16.4. The second-order valence-corrected chi connectivity index (χ2v) is 7.21. The van der Waals surface area contributed by atoms with Crippen LogP contribution in [0.2, 0.25) is 0 Å². The largest absolute Gasteiger partial charge is 0.260 e. The van der Waals surface area contributed by atoms with Crippen LogP contribution in [0.3, 0.4) is 0 Å². The number of aromatic nitrogens is 2. The molecule has 24 heavy (non-hydrogen) atoms. The number of thiophene rings is 2. The summed E-state index contributed by atoms with van der Waals surface area (Å²) in [4.78, 5) is 11.1. The average molecular weight is 350 g/mol. The number of aryl methyl sites for hydroxylation is 1. The minimum atomic E-state index is 0.739. The molecule has 1 aromatic carbocycles. The summed E-state index contributed by atoms with van der Waals surface area (Å²) in [6.45, 7) is 2.10. The first kappa shape index (κ1) is 15.0. The maximum absolute atomic E-state index is 4.46. The SMILES string of the molecule is Cc1c(-c2ccccc2)sc2c(NN=Cc3cccs3)ncnc12. The van der Waals surface area contributed by atoms with Gasteiger partial charge in [0.2, 0.25) is 0 Å². The van der Waals surface area contributed by atoms with Gasteiger partial charge in [-0.05, 0) is 29.5 Å². The van der Waals surface area contributed by atoms with Gasteiger partial charge in [-0.3, -0.25) is 5.43 Å². The van der Waals surface area contributed by atoms with E-state index >= 15 is 0 Å². The van der Waals surface area contributed by atoms with Gasteiger partial charge in [-0.25, -0.2) is 9.97 Å². The topological polar surface area (TPSA) is 50.2 Å². The van der Waals surface area contributed by atoms with E-state index in [1.165, 1.54) is 16.0 Å². The van der Waals surface area contributed by atoms with Crippen LogP contribution in [0, 0.1) is 6.92 Å². The van der Waals surface area contributed by atoms with Gasteiger partial charge < -0.3 is 0 Å². The minimum Gasteiger partial charge on any atom is -0.260 e. The van der Waals surface area contributed by atoms with E-state index in [4.69, 9.17) is 0 Å². The van der Waals surface area contributed by atoms with Crippen molar-refractivity contribution in [2.45, 2.75) is 6.92 Å². The van der Waals surface area contributed by atoms with Gasteiger partial charge in [0.1, 0.15) is 6.33 Å². The smallest absolute Gasteiger partial charge is 0.167 e. The van der Waals surface area contributed by atoms with Crippen molar-refractivity contribution in [1.82, 2.24) is 9.97 Å². The van der Waals surface area contributed by atoms with Crippen molar-refractivity contribution in [2.24, 2.45) is 5.10 Å². The molecule has 0 aliphatic heterocycles. The second kappa shape index (κ2) is 6.51. The molecule has 0 aliphatic rings. The van der Waals surface area contributed by atoms with E-state index in [0.717, 1.165) is 20.9 Å². The predicted molar refractivity (Wildman–Crippen MR) is 103 cm³/mol.